The van der Waals surface area contributed by atoms with E-state index >= 15 is 0 Å². The molecule has 0 spiro atoms. The van der Waals surface area contributed by atoms with Crippen LogP contribution in [0.2, 0.25) is 0 Å². The molecule has 3 aromatic carbocycles. The van der Waals surface area contributed by atoms with Gasteiger partial charge in [0, 0.05) is 12.1 Å². The number of aryl methyl sites for hydroxylation is 1. The van der Waals surface area contributed by atoms with Crippen LogP contribution in [-0.4, -0.2) is 26.2 Å². The van der Waals surface area contributed by atoms with E-state index in [0.29, 0.717) is 31.6 Å². The molecule has 3 rings (SSSR count). The van der Waals surface area contributed by atoms with Gasteiger partial charge >= 0.3 is 0 Å². The number of hydrogen-bond donors (Lipinski definition) is 2. The molecule has 2 N–H and O–H groups in total. The maximum Gasteiger partial charge on any atom is 0.261 e. The Bertz CT molecular complexity index is 992. The van der Waals surface area contributed by atoms with Gasteiger partial charge in [-0.25, -0.2) is 8.42 Å². The number of hydrogen-bond acceptors (Lipinski definition) is 4. The van der Waals surface area contributed by atoms with Gasteiger partial charge in [-0.3, -0.25) is 4.72 Å². The van der Waals surface area contributed by atoms with Gasteiger partial charge in [-0.1, -0.05) is 48.5 Å². The van der Waals surface area contributed by atoms with Crippen molar-refractivity contribution in [1.29, 1.82) is 0 Å². The fourth-order valence-electron chi connectivity index (χ4n) is 2.91. The standard InChI is InChI=1S/C23H25NO4S/c25-21(16-17-28-22-10-3-1-4-11-22)15-14-19-8-7-9-20(18-19)24-29(26,27)23-12-5-2-6-13-23/h1-13,18,21,24-25H,14-17H2/t21-/m0/s1. The van der Waals surface area contributed by atoms with E-state index in [1.165, 1.54) is 0 Å². The summed E-state index contributed by atoms with van der Waals surface area (Å²) < 4.78 is 33.1. The Hall–Kier alpha value is -2.83. The van der Waals surface area contributed by atoms with Gasteiger partial charge in [0.2, 0.25) is 0 Å². The Labute approximate surface area is 172 Å². The van der Waals surface area contributed by atoms with E-state index in [4.69, 9.17) is 4.74 Å². The lowest BCUT2D eigenvalue weighted by Crippen LogP contribution is -2.14. The molecule has 5 nitrogen and oxygen atoms in total. The van der Waals surface area contributed by atoms with E-state index < -0.39 is 16.1 Å². The van der Waals surface area contributed by atoms with Crippen molar-refractivity contribution < 1.29 is 18.3 Å². The third-order valence-corrected chi connectivity index (χ3v) is 5.86. The van der Waals surface area contributed by atoms with E-state index in [0.717, 1.165) is 11.3 Å². The van der Waals surface area contributed by atoms with Gasteiger partial charge in [-0.15, -0.1) is 0 Å². The van der Waals surface area contributed by atoms with E-state index in [-0.39, 0.29) is 4.90 Å². The van der Waals surface area contributed by atoms with Gasteiger partial charge in [0.1, 0.15) is 5.75 Å². The summed E-state index contributed by atoms with van der Waals surface area (Å²) in [7, 11) is -3.62. The van der Waals surface area contributed by atoms with Gasteiger partial charge < -0.3 is 9.84 Å². The molecule has 0 amide bonds. The van der Waals surface area contributed by atoms with Crippen molar-refractivity contribution in [2.24, 2.45) is 0 Å². The second-order valence-corrected chi connectivity index (χ2v) is 8.44. The molecule has 0 unspecified atom stereocenters. The van der Waals surface area contributed by atoms with Crippen LogP contribution in [0.1, 0.15) is 18.4 Å². The van der Waals surface area contributed by atoms with Crippen molar-refractivity contribution in [2.75, 3.05) is 11.3 Å². The molecule has 6 heteroatoms. The Morgan fingerprint density at radius 2 is 1.55 bits per heavy atom. The van der Waals surface area contributed by atoms with Crippen molar-refractivity contribution in [3.8, 4) is 5.75 Å². The predicted molar refractivity (Wildman–Crippen MR) is 115 cm³/mol. The molecule has 3 aromatic rings. The largest absolute Gasteiger partial charge is 0.493 e. The number of rotatable bonds is 10. The maximum absolute atomic E-state index is 12.4. The number of ether oxygens (including phenoxy) is 1. The minimum Gasteiger partial charge on any atom is -0.493 e. The number of sulfonamides is 1. The van der Waals surface area contributed by atoms with Gasteiger partial charge in [0.15, 0.2) is 0 Å². The summed E-state index contributed by atoms with van der Waals surface area (Å²) in [6, 6.07) is 25.0. The van der Waals surface area contributed by atoms with Crippen molar-refractivity contribution in [3.63, 3.8) is 0 Å². The molecule has 0 fully saturated rings. The Balaban J connectivity index is 1.49. The smallest absolute Gasteiger partial charge is 0.261 e. The summed E-state index contributed by atoms with van der Waals surface area (Å²) in [6.45, 7) is 0.447. The van der Waals surface area contributed by atoms with Crippen LogP contribution in [0, 0.1) is 0 Å². The third-order valence-electron chi connectivity index (χ3n) is 4.46. The first-order valence-electron chi connectivity index (χ1n) is 9.56. The second kappa shape index (κ2) is 10.1. The number of aliphatic hydroxyl groups is 1. The van der Waals surface area contributed by atoms with Crippen LogP contribution in [0.5, 0.6) is 5.75 Å². The summed E-state index contributed by atoms with van der Waals surface area (Å²) in [6.07, 6.45) is 1.28. The zero-order valence-electron chi connectivity index (χ0n) is 16.1. The summed E-state index contributed by atoms with van der Waals surface area (Å²) in [5.41, 5.74) is 1.47. The first-order valence-corrected chi connectivity index (χ1v) is 11.0. The monoisotopic (exact) mass is 411 g/mol. The lowest BCUT2D eigenvalue weighted by atomic mass is 10.0. The lowest BCUT2D eigenvalue weighted by molar-refractivity contribution is 0.131. The van der Waals surface area contributed by atoms with Gasteiger partial charge in [0.05, 0.1) is 17.6 Å². The van der Waals surface area contributed by atoms with Gasteiger partial charge in [-0.2, -0.15) is 0 Å². The molecule has 0 heterocycles. The van der Waals surface area contributed by atoms with Crippen LogP contribution in [0.4, 0.5) is 5.69 Å². The number of benzene rings is 3. The predicted octanol–water partition coefficient (Wildman–Crippen LogP) is 4.25. The Morgan fingerprint density at radius 1 is 0.862 bits per heavy atom. The second-order valence-electron chi connectivity index (χ2n) is 6.76. The SMILES string of the molecule is O=S(=O)(Nc1cccc(CC[C@H](O)CCOc2ccccc2)c1)c1ccccc1. The minimum atomic E-state index is -3.62. The lowest BCUT2D eigenvalue weighted by Gasteiger charge is -2.13. The van der Waals surface area contributed by atoms with Gasteiger partial charge in [0.25, 0.3) is 10.0 Å². The topological polar surface area (TPSA) is 75.6 Å². The summed E-state index contributed by atoms with van der Waals surface area (Å²) in [5.74, 6) is 0.790. The molecular formula is C23H25NO4S. The van der Waals surface area contributed by atoms with Crippen LogP contribution in [0.15, 0.2) is 89.8 Å². The van der Waals surface area contributed by atoms with Crippen LogP contribution in [0.3, 0.4) is 0 Å². The third kappa shape index (κ3) is 6.62. The van der Waals surface area contributed by atoms with Crippen molar-refractivity contribution >= 4 is 15.7 Å². The number of anilines is 1. The molecule has 0 aromatic heterocycles. The molecule has 0 saturated heterocycles. The molecule has 1 atom stereocenters. The minimum absolute atomic E-state index is 0.222. The first-order chi connectivity index (χ1) is 14.0. The molecule has 0 radical (unpaired) electrons. The highest BCUT2D eigenvalue weighted by Gasteiger charge is 2.13. The Morgan fingerprint density at radius 3 is 2.28 bits per heavy atom. The highest BCUT2D eigenvalue weighted by atomic mass is 32.2. The average Bonchev–Trinajstić information content (AvgIpc) is 2.74. The van der Waals surface area contributed by atoms with Crippen LogP contribution in [-0.2, 0) is 16.4 Å². The highest BCUT2D eigenvalue weighted by Crippen LogP contribution is 2.18. The average molecular weight is 412 g/mol. The van der Waals surface area contributed by atoms with Crippen LogP contribution < -0.4 is 9.46 Å². The van der Waals surface area contributed by atoms with E-state index in [1.54, 1.807) is 42.5 Å². The van der Waals surface area contributed by atoms with Gasteiger partial charge in [-0.05, 0) is 54.8 Å². The fraction of sp³-hybridized carbons (Fsp3) is 0.217. The normalized spacial score (nSPS) is 12.3. The van der Waals surface area contributed by atoms with E-state index in [9.17, 15) is 13.5 Å². The maximum atomic E-state index is 12.4. The molecule has 0 aliphatic carbocycles. The fourth-order valence-corrected chi connectivity index (χ4v) is 3.98. The first kappa shape index (κ1) is 20.9. The molecule has 0 aliphatic heterocycles. The van der Waals surface area contributed by atoms with Crippen molar-refractivity contribution in [1.82, 2.24) is 0 Å². The van der Waals surface area contributed by atoms with E-state index in [2.05, 4.69) is 4.72 Å². The highest BCUT2D eigenvalue weighted by molar-refractivity contribution is 7.92. The molecule has 29 heavy (non-hydrogen) atoms. The zero-order chi connectivity index (χ0) is 20.5. The Kier molecular flexibility index (Phi) is 7.27. The number of aliphatic hydroxyl groups excluding tert-OH is 1. The summed E-state index contributed by atoms with van der Waals surface area (Å²) in [5, 5.41) is 10.2. The molecule has 152 valence electrons. The molecule has 0 saturated carbocycles. The van der Waals surface area contributed by atoms with Crippen molar-refractivity contribution in [3.05, 3.63) is 90.5 Å². The van der Waals surface area contributed by atoms with Crippen LogP contribution >= 0.6 is 0 Å². The van der Waals surface area contributed by atoms with E-state index in [1.807, 2.05) is 42.5 Å². The summed E-state index contributed by atoms with van der Waals surface area (Å²) in [4.78, 5) is 0.222. The van der Waals surface area contributed by atoms with Crippen molar-refractivity contribution in [2.45, 2.75) is 30.3 Å². The quantitative estimate of drug-likeness (QED) is 0.523. The molecule has 0 aliphatic rings. The molecular weight excluding hydrogens is 386 g/mol. The number of nitrogens with one attached hydrogen (secondary N) is 1. The van der Waals surface area contributed by atoms with Crippen LogP contribution in [0.25, 0.3) is 0 Å². The number of para-hydroxylation sites is 1. The zero-order valence-corrected chi connectivity index (χ0v) is 16.9. The molecule has 0 bridgehead atoms. The summed E-state index contributed by atoms with van der Waals surface area (Å²) >= 11 is 0.